The summed E-state index contributed by atoms with van der Waals surface area (Å²) in [6, 6.07) is 11.5. The summed E-state index contributed by atoms with van der Waals surface area (Å²) in [5, 5.41) is 81.9. The van der Waals surface area contributed by atoms with Crippen molar-refractivity contribution in [2.75, 3.05) is 6.61 Å². The lowest BCUT2D eigenvalue weighted by atomic mass is 9.78. The molecule has 1 saturated carbocycles. The van der Waals surface area contributed by atoms with Crippen molar-refractivity contribution in [2.45, 2.75) is 74.1 Å². The minimum atomic E-state index is -2.82. The van der Waals surface area contributed by atoms with E-state index in [1.165, 1.54) is 24.3 Å². The molecule has 0 amide bonds. The van der Waals surface area contributed by atoms with Crippen LogP contribution in [0.1, 0.15) is 28.8 Å². The molecule has 0 radical (unpaired) electrons. The third kappa shape index (κ3) is 6.45. The van der Waals surface area contributed by atoms with Crippen LogP contribution >= 0.6 is 0 Å². The van der Waals surface area contributed by atoms with Gasteiger partial charge >= 0.3 is 11.9 Å². The molecule has 4 rings (SSSR count). The van der Waals surface area contributed by atoms with Gasteiger partial charge in [-0.15, -0.1) is 0 Å². The van der Waals surface area contributed by atoms with Crippen molar-refractivity contribution in [1.29, 1.82) is 0 Å². The van der Waals surface area contributed by atoms with Crippen LogP contribution in [-0.4, -0.2) is 114 Å². The van der Waals surface area contributed by atoms with Gasteiger partial charge in [0.25, 0.3) is 0 Å². The summed E-state index contributed by atoms with van der Waals surface area (Å²) in [4.78, 5) is 25.0. The molecule has 14 nitrogen and oxygen atoms in total. The number of aromatic hydroxyl groups is 1. The molecule has 2 aliphatic rings. The molecule has 0 spiro atoms. The molecule has 14 heteroatoms. The van der Waals surface area contributed by atoms with Gasteiger partial charge in [0, 0.05) is 5.56 Å². The standard InChI is InChI=1S/C27H32O14/c28-15-6-8-17(14(10-15)11-39-26(36)27(37)19(30)9-7-16(29)23(27)34)40-25-22(33)21(32)20(31)18(41-25)12-38-24(35)13-4-2-1-3-5-13/h1-6,8,10,16,18-23,25,28-34,37H,7,9,11-12H2/t16-,18-,19+,20+,21-,22-,23-,25+,27+/m0/s1. The SMILES string of the molecule is O=C(OC[C@@H]1O[C@@H](Oc2ccc(O)cc2COC(=O)[C@@]2(O)[C@H](O)CC[C@H](O)[C@@H]2O)[C@@H](O)[C@@H](O)[C@@H]1O)c1ccccc1. The fourth-order valence-corrected chi connectivity index (χ4v) is 4.60. The van der Waals surface area contributed by atoms with Crippen molar-refractivity contribution in [3.8, 4) is 11.5 Å². The van der Waals surface area contributed by atoms with Crippen LogP contribution in [0.3, 0.4) is 0 Å². The average Bonchev–Trinajstić information content (AvgIpc) is 2.97. The molecular formula is C27H32O14. The second-order valence-corrected chi connectivity index (χ2v) is 9.90. The highest BCUT2D eigenvalue weighted by Gasteiger charge is 2.56. The fraction of sp³-hybridized carbons (Fsp3) is 0.481. The van der Waals surface area contributed by atoms with Crippen LogP contribution in [0, 0.1) is 0 Å². The largest absolute Gasteiger partial charge is 0.508 e. The first-order valence-corrected chi connectivity index (χ1v) is 12.8. The number of aliphatic hydroxyl groups excluding tert-OH is 6. The Morgan fingerprint density at radius 3 is 2.32 bits per heavy atom. The van der Waals surface area contributed by atoms with E-state index in [1.54, 1.807) is 18.2 Å². The lowest BCUT2D eigenvalue weighted by molar-refractivity contribution is -0.277. The van der Waals surface area contributed by atoms with Crippen LogP contribution in [0.25, 0.3) is 0 Å². The summed E-state index contributed by atoms with van der Waals surface area (Å²) in [6.07, 6.45) is -13.6. The van der Waals surface area contributed by atoms with Crippen molar-refractivity contribution in [3.05, 3.63) is 59.7 Å². The predicted octanol–water partition coefficient (Wildman–Crippen LogP) is -1.91. The highest BCUT2D eigenvalue weighted by Crippen LogP contribution is 2.33. The van der Waals surface area contributed by atoms with Crippen molar-refractivity contribution >= 4 is 11.9 Å². The molecule has 9 atom stereocenters. The summed E-state index contributed by atoms with van der Waals surface area (Å²) >= 11 is 0. The van der Waals surface area contributed by atoms with Gasteiger partial charge in [-0.2, -0.15) is 0 Å². The Morgan fingerprint density at radius 2 is 1.61 bits per heavy atom. The molecule has 224 valence electrons. The van der Waals surface area contributed by atoms with Gasteiger partial charge in [0.05, 0.1) is 17.8 Å². The zero-order chi connectivity index (χ0) is 29.9. The molecule has 0 bridgehead atoms. The Labute approximate surface area is 233 Å². The second kappa shape index (κ2) is 12.7. The van der Waals surface area contributed by atoms with Gasteiger partial charge in [0.1, 0.15) is 55.2 Å². The topological polar surface area (TPSA) is 233 Å². The van der Waals surface area contributed by atoms with Crippen LogP contribution in [0.4, 0.5) is 0 Å². The smallest absolute Gasteiger partial charge is 0.344 e. The number of hydrogen-bond acceptors (Lipinski definition) is 14. The Balaban J connectivity index is 1.45. The molecule has 2 fully saturated rings. The average molecular weight is 581 g/mol. The summed E-state index contributed by atoms with van der Waals surface area (Å²) in [6.45, 7) is -1.18. The van der Waals surface area contributed by atoms with E-state index in [1.807, 2.05) is 0 Å². The van der Waals surface area contributed by atoms with E-state index in [4.69, 9.17) is 18.9 Å². The van der Waals surface area contributed by atoms with E-state index >= 15 is 0 Å². The molecule has 1 aliphatic carbocycles. The van der Waals surface area contributed by atoms with Crippen LogP contribution < -0.4 is 4.74 Å². The number of aliphatic hydroxyl groups is 7. The number of carbonyl (C=O) groups is 2. The van der Waals surface area contributed by atoms with Crippen LogP contribution in [0.5, 0.6) is 11.5 Å². The van der Waals surface area contributed by atoms with E-state index in [0.29, 0.717) is 0 Å². The molecule has 2 aromatic rings. The molecule has 0 aromatic heterocycles. The summed E-state index contributed by atoms with van der Waals surface area (Å²) in [5.41, 5.74) is -2.60. The molecular weight excluding hydrogens is 548 g/mol. The van der Waals surface area contributed by atoms with Crippen molar-refractivity contribution in [2.24, 2.45) is 0 Å². The van der Waals surface area contributed by atoms with Crippen molar-refractivity contribution in [3.63, 3.8) is 0 Å². The Morgan fingerprint density at radius 1 is 0.902 bits per heavy atom. The van der Waals surface area contributed by atoms with Gasteiger partial charge < -0.3 is 59.8 Å². The van der Waals surface area contributed by atoms with Gasteiger partial charge in [0.15, 0.2) is 0 Å². The summed E-state index contributed by atoms with van der Waals surface area (Å²) < 4.78 is 21.5. The fourth-order valence-electron chi connectivity index (χ4n) is 4.60. The lowest BCUT2D eigenvalue weighted by Gasteiger charge is -2.41. The first-order chi connectivity index (χ1) is 19.4. The molecule has 2 aromatic carbocycles. The number of hydrogen-bond donors (Lipinski definition) is 8. The van der Waals surface area contributed by atoms with Crippen molar-refractivity contribution < 1.29 is 69.4 Å². The van der Waals surface area contributed by atoms with Gasteiger partial charge in [-0.3, -0.25) is 0 Å². The van der Waals surface area contributed by atoms with E-state index in [0.717, 1.165) is 6.07 Å². The normalized spacial score (nSPS) is 33.5. The van der Waals surface area contributed by atoms with Crippen molar-refractivity contribution in [1.82, 2.24) is 0 Å². The molecule has 0 unspecified atom stereocenters. The van der Waals surface area contributed by atoms with Gasteiger partial charge in [0.2, 0.25) is 11.9 Å². The summed E-state index contributed by atoms with van der Waals surface area (Å²) in [7, 11) is 0. The minimum absolute atomic E-state index is 0.0224. The minimum Gasteiger partial charge on any atom is -0.508 e. The van der Waals surface area contributed by atoms with Gasteiger partial charge in [-0.05, 0) is 43.2 Å². The van der Waals surface area contributed by atoms with E-state index in [-0.39, 0.29) is 35.5 Å². The zero-order valence-electron chi connectivity index (χ0n) is 21.6. The quantitative estimate of drug-likeness (QED) is 0.159. The van der Waals surface area contributed by atoms with Crippen LogP contribution in [0.2, 0.25) is 0 Å². The Kier molecular flexibility index (Phi) is 9.46. The Bertz CT molecular complexity index is 1210. The van der Waals surface area contributed by atoms with E-state index < -0.39 is 79.8 Å². The third-order valence-electron chi connectivity index (χ3n) is 7.09. The molecule has 41 heavy (non-hydrogen) atoms. The molecule has 1 aliphatic heterocycles. The number of esters is 2. The Hall–Kier alpha value is -3.34. The maximum Gasteiger partial charge on any atom is 0.344 e. The summed E-state index contributed by atoms with van der Waals surface area (Å²) in [5.74, 6) is -2.58. The number of rotatable bonds is 8. The number of carbonyl (C=O) groups excluding carboxylic acids is 2. The first kappa shape index (κ1) is 30.6. The maximum atomic E-state index is 12.7. The second-order valence-electron chi connectivity index (χ2n) is 9.90. The number of phenolic OH excluding ortho intramolecular Hbond substituents is 1. The monoisotopic (exact) mass is 580 g/mol. The number of ether oxygens (including phenoxy) is 4. The van der Waals surface area contributed by atoms with Crippen LogP contribution in [-0.2, 0) is 25.6 Å². The lowest BCUT2D eigenvalue weighted by Crippen LogP contribution is -2.65. The highest BCUT2D eigenvalue weighted by molar-refractivity contribution is 5.89. The van der Waals surface area contributed by atoms with Gasteiger partial charge in [-0.25, -0.2) is 9.59 Å². The molecule has 8 N–H and O–H groups in total. The highest BCUT2D eigenvalue weighted by atomic mass is 16.7. The van der Waals surface area contributed by atoms with Gasteiger partial charge in [-0.1, -0.05) is 18.2 Å². The molecule has 1 saturated heterocycles. The van der Waals surface area contributed by atoms with Crippen LogP contribution in [0.15, 0.2) is 48.5 Å². The van der Waals surface area contributed by atoms with E-state index in [2.05, 4.69) is 0 Å². The van der Waals surface area contributed by atoms with E-state index in [9.17, 15) is 50.4 Å². The molecule has 1 heterocycles. The zero-order valence-corrected chi connectivity index (χ0v) is 21.6. The third-order valence-corrected chi connectivity index (χ3v) is 7.09. The number of phenols is 1. The first-order valence-electron chi connectivity index (χ1n) is 12.8. The predicted molar refractivity (Wildman–Crippen MR) is 134 cm³/mol. The number of benzene rings is 2. The maximum absolute atomic E-state index is 12.7.